The van der Waals surface area contributed by atoms with Crippen molar-refractivity contribution in [3.8, 4) is 0 Å². The van der Waals surface area contributed by atoms with Gasteiger partial charge in [0.1, 0.15) is 0 Å². The smallest absolute Gasteiger partial charge is 0.0363 e. The number of anilines is 2. The lowest BCUT2D eigenvalue weighted by Gasteiger charge is -2.08. The second-order valence-corrected chi connectivity index (χ2v) is 4.52. The van der Waals surface area contributed by atoms with Crippen molar-refractivity contribution < 1.29 is 0 Å². The van der Waals surface area contributed by atoms with Gasteiger partial charge in [0.15, 0.2) is 0 Å². The Kier molecular flexibility index (Phi) is 1.72. The van der Waals surface area contributed by atoms with Gasteiger partial charge in [-0.05, 0) is 30.0 Å². The molecule has 0 amide bonds. The number of nitrogens with two attached hydrogens (primary N) is 1. The van der Waals surface area contributed by atoms with Crippen molar-refractivity contribution in [3.63, 3.8) is 0 Å². The third kappa shape index (κ3) is 1.77. The molecule has 0 aliphatic heterocycles. The van der Waals surface area contributed by atoms with Crippen LogP contribution in [0.2, 0.25) is 0 Å². The Labute approximate surface area is 79.1 Å². The standard InChI is InChI=1S/C11H16N2/c1-11(2)7-10(11)13-9-5-3-4-8(12)6-9/h3-6,10,13H,7,12H2,1-2H3. The van der Waals surface area contributed by atoms with Crippen LogP contribution in [0.4, 0.5) is 11.4 Å². The molecule has 2 heteroatoms. The Balaban J connectivity index is 2.03. The zero-order valence-corrected chi connectivity index (χ0v) is 8.17. The van der Waals surface area contributed by atoms with E-state index in [0.717, 1.165) is 11.4 Å². The minimum absolute atomic E-state index is 0.463. The molecule has 70 valence electrons. The van der Waals surface area contributed by atoms with Crippen molar-refractivity contribution in [2.75, 3.05) is 11.1 Å². The molecular formula is C11H16N2. The van der Waals surface area contributed by atoms with Gasteiger partial charge in [-0.1, -0.05) is 19.9 Å². The number of nitrogen functional groups attached to an aromatic ring is 1. The largest absolute Gasteiger partial charge is 0.399 e. The molecular weight excluding hydrogens is 160 g/mol. The highest BCUT2D eigenvalue weighted by molar-refractivity contribution is 5.55. The molecule has 0 bridgehead atoms. The van der Waals surface area contributed by atoms with Crippen LogP contribution < -0.4 is 11.1 Å². The maximum atomic E-state index is 5.68. The van der Waals surface area contributed by atoms with E-state index < -0.39 is 0 Å². The molecule has 1 aliphatic rings. The fourth-order valence-corrected chi connectivity index (χ4v) is 1.54. The monoisotopic (exact) mass is 176 g/mol. The predicted octanol–water partition coefficient (Wildman–Crippen LogP) is 2.48. The molecule has 1 aliphatic carbocycles. The third-order valence-electron chi connectivity index (χ3n) is 2.74. The molecule has 3 N–H and O–H groups in total. The van der Waals surface area contributed by atoms with E-state index in [9.17, 15) is 0 Å². The number of nitrogens with one attached hydrogen (secondary N) is 1. The van der Waals surface area contributed by atoms with Crippen LogP contribution in [0.25, 0.3) is 0 Å². The van der Waals surface area contributed by atoms with Crippen LogP contribution in [0.3, 0.4) is 0 Å². The van der Waals surface area contributed by atoms with Gasteiger partial charge in [0, 0.05) is 17.4 Å². The summed E-state index contributed by atoms with van der Waals surface area (Å²) in [6.07, 6.45) is 1.25. The molecule has 1 atom stereocenters. The first-order chi connectivity index (χ1) is 6.08. The van der Waals surface area contributed by atoms with Gasteiger partial charge in [-0.15, -0.1) is 0 Å². The number of rotatable bonds is 2. The topological polar surface area (TPSA) is 38.0 Å². The summed E-state index contributed by atoms with van der Waals surface area (Å²) in [6.45, 7) is 4.55. The van der Waals surface area contributed by atoms with Crippen LogP contribution in [0.5, 0.6) is 0 Å². The number of hydrogen-bond donors (Lipinski definition) is 2. The van der Waals surface area contributed by atoms with Crippen molar-refractivity contribution in [2.24, 2.45) is 5.41 Å². The van der Waals surface area contributed by atoms with Crippen LogP contribution in [-0.4, -0.2) is 6.04 Å². The van der Waals surface area contributed by atoms with E-state index in [1.807, 2.05) is 18.2 Å². The highest BCUT2D eigenvalue weighted by atomic mass is 15.0. The summed E-state index contributed by atoms with van der Waals surface area (Å²) in [5.74, 6) is 0. The molecule has 1 fully saturated rings. The minimum Gasteiger partial charge on any atom is -0.399 e. The fourth-order valence-electron chi connectivity index (χ4n) is 1.54. The zero-order chi connectivity index (χ0) is 9.47. The van der Waals surface area contributed by atoms with E-state index in [1.165, 1.54) is 6.42 Å². The summed E-state index contributed by atoms with van der Waals surface area (Å²) in [6, 6.07) is 8.55. The van der Waals surface area contributed by atoms with Gasteiger partial charge in [0.05, 0.1) is 0 Å². The van der Waals surface area contributed by atoms with E-state index in [4.69, 9.17) is 5.73 Å². The first kappa shape index (κ1) is 8.42. The third-order valence-corrected chi connectivity index (χ3v) is 2.74. The number of hydrogen-bond acceptors (Lipinski definition) is 2. The van der Waals surface area contributed by atoms with Crippen LogP contribution in [-0.2, 0) is 0 Å². The lowest BCUT2D eigenvalue weighted by Crippen LogP contribution is -2.08. The fraction of sp³-hybridized carbons (Fsp3) is 0.455. The summed E-state index contributed by atoms with van der Waals surface area (Å²) in [5, 5.41) is 3.47. The average molecular weight is 176 g/mol. The molecule has 0 spiro atoms. The number of benzene rings is 1. The second kappa shape index (κ2) is 2.66. The molecule has 2 nitrogen and oxygen atoms in total. The van der Waals surface area contributed by atoms with Crippen molar-refractivity contribution >= 4 is 11.4 Å². The molecule has 2 rings (SSSR count). The van der Waals surface area contributed by atoms with Crippen LogP contribution >= 0.6 is 0 Å². The molecule has 1 unspecified atom stereocenters. The summed E-state index contributed by atoms with van der Waals surface area (Å²) >= 11 is 0. The van der Waals surface area contributed by atoms with Gasteiger partial charge in [-0.2, -0.15) is 0 Å². The normalized spacial score (nSPS) is 24.0. The van der Waals surface area contributed by atoms with Gasteiger partial charge in [-0.3, -0.25) is 0 Å². The van der Waals surface area contributed by atoms with Crippen LogP contribution in [0, 0.1) is 5.41 Å². The van der Waals surface area contributed by atoms with Crippen molar-refractivity contribution in [2.45, 2.75) is 26.3 Å². The van der Waals surface area contributed by atoms with E-state index in [-0.39, 0.29) is 0 Å². The van der Waals surface area contributed by atoms with Crippen molar-refractivity contribution in [1.82, 2.24) is 0 Å². The first-order valence-electron chi connectivity index (χ1n) is 4.70. The van der Waals surface area contributed by atoms with E-state index in [2.05, 4.69) is 25.2 Å². The van der Waals surface area contributed by atoms with E-state index >= 15 is 0 Å². The molecule has 0 heterocycles. The lowest BCUT2D eigenvalue weighted by molar-refractivity contribution is 0.630. The lowest BCUT2D eigenvalue weighted by atomic mass is 10.2. The molecule has 0 saturated heterocycles. The van der Waals surface area contributed by atoms with Gasteiger partial charge >= 0.3 is 0 Å². The molecule has 1 aromatic carbocycles. The SMILES string of the molecule is CC1(C)CC1Nc1cccc(N)c1. The zero-order valence-electron chi connectivity index (χ0n) is 8.17. The maximum Gasteiger partial charge on any atom is 0.0363 e. The molecule has 1 saturated carbocycles. The highest BCUT2D eigenvalue weighted by Gasteiger charge is 2.45. The molecule has 0 aromatic heterocycles. The van der Waals surface area contributed by atoms with E-state index in [0.29, 0.717) is 11.5 Å². The maximum absolute atomic E-state index is 5.68. The van der Waals surface area contributed by atoms with Gasteiger partial charge < -0.3 is 11.1 Å². The Morgan fingerprint density at radius 1 is 1.46 bits per heavy atom. The summed E-state index contributed by atoms with van der Waals surface area (Å²) < 4.78 is 0. The summed E-state index contributed by atoms with van der Waals surface area (Å²) in [7, 11) is 0. The molecule has 13 heavy (non-hydrogen) atoms. The summed E-state index contributed by atoms with van der Waals surface area (Å²) in [5.41, 5.74) is 8.10. The summed E-state index contributed by atoms with van der Waals surface area (Å²) in [4.78, 5) is 0. The second-order valence-electron chi connectivity index (χ2n) is 4.52. The van der Waals surface area contributed by atoms with Crippen molar-refractivity contribution in [1.29, 1.82) is 0 Å². The Morgan fingerprint density at radius 3 is 2.69 bits per heavy atom. The predicted molar refractivity (Wildman–Crippen MR) is 56.7 cm³/mol. The quantitative estimate of drug-likeness (QED) is 0.679. The molecule has 1 aromatic rings. The van der Waals surface area contributed by atoms with Gasteiger partial charge in [0.2, 0.25) is 0 Å². The highest BCUT2D eigenvalue weighted by Crippen LogP contribution is 2.46. The van der Waals surface area contributed by atoms with Crippen LogP contribution in [0.1, 0.15) is 20.3 Å². The van der Waals surface area contributed by atoms with Crippen molar-refractivity contribution in [3.05, 3.63) is 24.3 Å². The minimum atomic E-state index is 0.463. The Bertz CT molecular complexity index is 318. The van der Waals surface area contributed by atoms with Gasteiger partial charge in [-0.25, -0.2) is 0 Å². The molecule has 0 radical (unpaired) electrons. The Hall–Kier alpha value is -1.18. The first-order valence-corrected chi connectivity index (χ1v) is 4.70. The average Bonchev–Trinajstić information content (AvgIpc) is 2.58. The Morgan fingerprint density at radius 2 is 2.15 bits per heavy atom. The van der Waals surface area contributed by atoms with E-state index in [1.54, 1.807) is 0 Å². The van der Waals surface area contributed by atoms with Gasteiger partial charge in [0.25, 0.3) is 0 Å². The van der Waals surface area contributed by atoms with Crippen LogP contribution in [0.15, 0.2) is 24.3 Å².